The van der Waals surface area contributed by atoms with Crippen LogP contribution in [0.25, 0.3) is 0 Å². The largest absolute Gasteiger partial charge is 0.399 e. The first-order valence-corrected chi connectivity index (χ1v) is 48.6. The molecule has 21 heteroatoms. The van der Waals surface area contributed by atoms with Gasteiger partial charge in [0.05, 0.1) is 68.4 Å². The molecular formula is C116H141N17O4. The molecule has 714 valence electrons. The molecular weight excluding hydrogens is 1700 g/mol. The molecule has 0 aromatic heterocycles. The van der Waals surface area contributed by atoms with Gasteiger partial charge in [-0.25, -0.2) is 20.0 Å². The van der Waals surface area contributed by atoms with Crippen molar-refractivity contribution in [2.45, 2.75) is 213 Å². The SMILES string of the molecule is CC1=C(Cc2ccc(N3CCCCC3)cc2)C(=O)C=C(N)C1=Nc1ccc(N2CCCCC2)cc1.CCCC1=C(N)C(=Nc2ccc(N(CC)C(C)C)cc2)C=C(Cc2ccc(N(CC)C(C)C)cc2)C1=O.CCCC1=C(N)C(=Nc2ccc(N)c(C)c2C)C=C(Cc2ccc(N)c(C)c2C)C1=O.Cc1cc(CC2=CC(=Nc3ccc(N)c(C)c3)C(Nc3ccc(N)c(C)c3)=CC2=O)ccc1N. The predicted octanol–water partition coefficient (Wildman–Crippen LogP) is 22.8. The predicted molar refractivity (Wildman–Crippen MR) is 578 cm³/mol. The van der Waals surface area contributed by atoms with Gasteiger partial charge >= 0.3 is 0 Å². The Morgan fingerprint density at radius 2 is 0.803 bits per heavy atom. The molecule has 2 fully saturated rings. The summed E-state index contributed by atoms with van der Waals surface area (Å²) in [6.07, 6.45) is 21.5. The number of nitrogens with zero attached hydrogens (tertiary/aromatic N) is 8. The first-order valence-electron chi connectivity index (χ1n) is 48.6. The monoisotopic (exact) mass is 1840 g/mol. The number of allylic oxidation sites excluding steroid dienone is 12. The van der Waals surface area contributed by atoms with Gasteiger partial charge in [-0.15, -0.1) is 0 Å². The molecule has 9 aromatic rings. The van der Waals surface area contributed by atoms with Crippen LogP contribution in [-0.4, -0.2) is 97.3 Å². The summed E-state index contributed by atoms with van der Waals surface area (Å²) in [6, 6.07) is 59.5. The Hall–Kier alpha value is -14.3. The Kier molecular flexibility index (Phi) is 34.7. The molecule has 2 aliphatic heterocycles. The summed E-state index contributed by atoms with van der Waals surface area (Å²) in [4.78, 5) is 81.6. The fourth-order valence-corrected chi connectivity index (χ4v) is 18.1. The number of carbonyl (C=O) groups excluding carboxylic acids is 4. The topological polar surface area (TPSA) is 351 Å². The average Bonchev–Trinajstić information content (AvgIpc) is 0.788. The van der Waals surface area contributed by atoms with Gasteiger partial charge in [-0.2, -0.15) is 0 Å². The summed E-state index contributed by atoms with van der Waals surface area (Å²) in [5, 5.41) is 3.34. The highest BCUT2D eigenvalue weighted by molar-refractivity contribution is 6.27. The molecule has 0 unspecified atom stereocenters. The van der Waals surface area contributed by atoms with E-state index >= 15 is 0 Å². The number of carbonyl (C=O) groups is 4. The highest BCUT2D eigenvalue weighted by Crippen LogP contribution is 2.37. The molecule has 0 saturated carbocycles. The molecule has 0 atom stereocenters. The number of Topliss-reactive ketones (excluding diaryl/α,β-unsaturated/α-hetero) is 2. The van der Waals surface area contributed by atoms with Crippen LogP contribution in [0.5, 0.6) is 0 Å². The van der Waals surface area contributed by atoms with Crippen molar-refractivity contribution in [2.75, 3.05) is 92.9 Å². The number of hydrogen-bond donors (Lipinski definition) is 9. The number of benzene rings is 9. The third-order valence-electron chi connectivity index (χ3n) is 26.8. The molecule has 6 aliphatic rings. The van der Waals surface area contributed by atoms with E-state index in [1.807, 2.05) is 184 Å². The number of anilines is 10. The van der Waals surface area contributed by atoms with Crippen LogP contribution in [0.15, 0.2) is 288 Å². The molecule has 137 heavy (non-hydrogen) atoms. The highest BCUT2D eigenvalue weighted by atomic mass is 16.1. The maximum Gasteiger partial charge on any atom is 0.187 e. The minimum absolute atomic E-state index is 0.0115. The highest BCUT2D eigenvalue weighted by Gasteiger charge is 2.31. The molecule has 2 saturated heterocycles. The van der Waals surface area contributed by atoms with E-state index in [0.717, 1.165) is 176 Å². The van der Waals surface area contributed by atoms with Crippen molar-refractivity contribution in [1.29, 1.82) is 0 Å². The number of nitrogens with two attached hydrogens (primary N) is 8. The Morgan fingerprint density at radius 3 is 1.34 bits per heavy atom. The molecule has 0 amide bonds. The average molecular weight is 1840 g/mol. The van der Waals surface area contributed by atoms with E-state index in [0.29, 0.717) is 130 Å². The number of hydrogen-bond acceptors (Lipinski definition) is 21. The Labute approximate surface area is 812 Å². The van der Waals surface area contributed by atoms with Crippen molar-refractivity contribution >= 4 is 126 Å². The van der Waals surface area contributed by atoms with E-state index in [9.17, 15) is 19.2 Å². The van der Waals surface area contributed by atoms with E-state index in [2.05, 4.69) is 146 Å². The van der Waals surface area contributed by atoms with Crippen LogP contribution in [0.2, 0.25) is 0 Å². The number of nitrogen functional groups attached to an aromatic ring is 5. The van der Waals surface area contributed by atoms with Crippen molar-refractivity contribution in [3.05, 3.63) is 329 Å². The van der Waals surface area contributed by atoms with Gasteiger partial charge in [0.1, 0.15) is 0 Å². The summed E-state index contributed by atoms with van der Waals surface area (Å²) < 4.78 is 0. The van der Waals surface area contributed by atoms with E-state index in [1.54, 1.807) is 6.08 Å². The van der Waals surface area contributed by atoms with Crippen molar-refractivity contribution in [3.8, 4) is 0 Å². The Bertz CT molecular complexity index is 6370. The van der Waals surface area contributed by atoms with Gasteiger partial charge in [0, 0.05) is 180 Å². The van der Waals surface area contributed by atoms with Crippen molar-refractivity contribution in [2.24, 2.45) is 37.2 Å². The van der Waals surface area contributed by atoms with Gasteiger partial charge in [-0.05, 0) is 367 Å². The van der Waals surface area contributed by atoms with Crippen LogP contribution < -0.4 is 70.8 Å². The number of aliphatic imine (C=N–C) groups is 4. The lowest BCUT2D eigenvalue weighted by Gasteiger charge is -2.29. The second-order valence-corrected chi connectivity index (χ2v) is 37.2. The first kappa shape index (κ1) is 102. The standard InChI is InChI=1S/C32H44N4O.C30H36N4O.C28H29N5O.C26H32N4O/c1-8-11-29-31(33)30(34-26-14-18-28(19-15-26)36(10-3)23(6)7)21-25(32(29)37)20-24-12-16-27(17-13-24)35(9-2)22(4)5;1-22-27(20-23-8-12-25(13-9-23)33-16-4-2-5-17-33)29(35)21-28(31)30(22)32-24-10-14-26(15-11-24)34-18-6-3-7-19-34;1-16-10-19(4-7-23(16)29)13-20-14-26(32-21-5-8-24(30)17(2)11-21)27(15-28(20)34)33-22-6-9-25(31)18(3)12-22;1-6-7-20-25(29)24(30-23-11-10-22(28)16(4)17(23)5)13-19(26(20)31)12-18-8-9-21(27)15(3)14(18)2/h12-19,21-23H,8-11,20,33H2,1-7H3;8-15,21H,2-7,16-20,31H2,1H3;4-12,14-15,33H,13,29-31H2,1-3H3;8-11,13H,6-7,12,27-29H2,1-5H3. The third-order valence-corrected chi connectivity index (χ3v) is 26.8. The number of rotatable bonds is 26. The minimum Gasteiger partial charge on any atom is -0.399 e. The number of aryl methyl sites for hydroxylation is 3. The molecule has 17 N–H and O–H groups in total. The number of nitrogens with one attached hydrogen (secondary N) is 1. The van der Waals surface area contributed by atoms with Crippen molar-refractivity contribution in [1.82, 2.24) is 0 Å². The van der Waals surface area contributed by atoms with Gasteiger partial charge < -0.3 is 70.8 Å². The van der Waals surface area contributed by atoms with E-state index in [-0.39, 0.29) is 23.1 Å². The second kappa shape index (κ2) is 46.7. The quantitative estimate of drug-likeness (QED) is 0.0180. The van der Waals surface area contributed by atoms with Crippen LogP contribution in [-0.2, 0) is 44.9 Å². The normalized spacial score (nSPS) is 16.5. The van der Waals surface area contributed by atoms with E-state index in [4.69, 9.17) is 65.8 Å². The smallest absolute Gasteiger partial charge is 0.187 e. The van der Waals surface area contributed by atoms with Gasteiger partial charge in [0.25, 0.3) is 0 Å². The van der Waals surface area contributed by atoms with Crippen molar-refractivity contribution in [3.63, 3.8) is 0 Å². The summed E-state index contributed by atoms with van der Waals surface area (Å²) in [6.45, 7) is 39.5. The van der Waals surface area contributed by atoms with Crippen LogP contribution in [0, 0.1) is 48.5 Å². The summed E-state index contributed by atoms with van der Waals surface area (Å²) in [5.41, 5.74) is 83.0. The third kappa shape index (κ3) is 25.6. The van der Waals surface area contributed by atoms with E-state index < -0.39 is 0 Å². The van der Waals surface area contributed by atoms with Gasteiger partial charge in [0.15, 0.2) is 23.1 Å². The lowest BCUT2D eigenvalue weighted by molar-refractivity contribution is -0.113. The number of piperidine rings is 2. The lowest BCUT2D eigenvalue weighted by Crippen LogP contribution is -2.30. The zero-order valence-corrected chi connectivity index (χ0v) is 83.3. The second-order valence-electron chi connectivity index (χ2n) is 37.2. The molecule has 0 radical (unpaired) electrons. The fraction of sp³-hybridized carbons (Fsp3) is 0.328. The van der Waals surface area contributed by atoms with Crippen LogP contribution in [0.4, 0.5) is 79.6 Å². The number of ketones is 4. The lowest BCUT2D eigenvalue weighted by atomic mass is 9.85. The summed E-state index contributed by atoms with van der Waals surface area (Å²) >= 11 is 0. The van der Waals surface area contributed by atoms with Gasteiger partial charge in [-0.1, -0.05) is 69.2 Å². The van der Waals surface area contributed by atoms with Crippen LogP contribution in [0.3, 0.4) is 0 Å². The first-order chi connectivity index (χ1) is 65.6. The van der Waals surface area contributed by atoms with Crippen molar-refractivity contribution < 1.29 is 19.2 Å². The molecule has 0 spiro atoms. The molecule has 0 bridgehead atoms. The van der Waals surface area contributed by atoms with Crippen LogP contribution in [0.1, 0.15) is 188 Å². The maximum absolute atomic E-state index is 13.4. The molecule has 4 aliphatic carbocycles. The van der Waals surface area contributed by atoms with Gasteiger partial charge in [-0.3, -0.25) is 19.2 Å². The molecule has 9 aromatic carbocycles. The Morgan fingerprint density at radius 1 is 0.372 bits per heavy atom. The Balaban J connectivity index is 0.000000164. The van der Waals surface area contributed by atoms with Crippen LogP contribution >= 0.6 is 0 Å². The van der Waals surface area contributed by atoms with Gasteiger partial charge in [0.2, 0.25) is 0 Å². The van der Waals surface area contributed by atoms with E-state index in [1.165, 1.54) is 67.4 Å². The zero-order valence-electron chi connectivity index (χ0n) is 83.3. The fourth-order valence-electron chi connectivity index (χ4n) is 18.1. The molecule has 15 rings (SSSR count). The maximum atomic E-state index is 13.4. The minimum atomic E-state index is -0.0587. The summed E-state index contributed by atoms with van der Waals surface area (Å²) in [5.74, 6) is -0.0147. The molecule has 2 heterocycles. The summed E-state index contributed by atoms with van der Waals surface area (Å²) in [7, 11) is 0. The zero-order chi connectivity index (χ0) is 98.6. The molecule has 21 nitrogen and oxygen atoms in total.